The van der Waals surface area contributed by atoms with Gasteiger partial charge in [-0.2, -0.15) is 0 Å². The summed E-state index contributed by atoms with van der Waals surface area (Å²) in [5.74, 6) is 0.0533. The molecule has 3 amide bonds. The summed E-state index contributed by atoms with van der Waals surface area (Å²) in [6, 6.07) is 10.4. The number of amides is 3. The summed E-state index contributed by atoms with van der Waals surface area (Å²) in [6.45, 7) is 4.64. The Labute approximate surface area is 161 Å². The molecule has 0 unspecified atom stereocenters. The lowest BCUT2D eigenvalue weighted by atomic mass is 10.2. The first-order valence-electron chi connectivity index (χ1n) is 8.41. The van der Waals surface area contributed by atoms with Crippen LogP contribution in [0.2, 0.25) is 0 Å². The van der Waals surface area contributed by atoms with Crippen molar-refractivity contribution in [2.24, 2.45) is 0 Å². The first-order chi connectivity index (χ1) is 13.0. The fourth-order valence-corrected chi connectivity index (χ4v) is 2.90. The van der Waals surface area contributed by atoms with Crippen molar-refractivity contribution in [1.29, 1.82) is 0 Å². The molecule has 0 saturated heterocycles. The molecule has 0 aliphatic carbocycles. The number of imide groups is 1. The first kappa shape index (κ1) is 20.6. The largest absolute Gasteiger partial charge is 0.490 e. The number of hydrogen-bond donors (Lipinski definition) is 2. The van der Waals surface area contributed by atoms with Crippen molar-refractivity contribution in [3.05, 3.63) is 48.3 Å². The second kappa shape index (κ2) is 10.4. The molecule has 0 saturated carbocycles. The van der Waals surface area contributed by atoms with E-state index in [0.717, 1.165) is 11.8 Å². The minimum atomic E-state index is -0.680. The number of halogens is 1. The summed E-state index contributed by atoms with van der Waals surface area (Å²) in [7, 11) is 0. The zero-order valence-electron chi connectivity index (χ0n) is 15.1. The lowest BCUT2D eigenvalue weighted by molar-refractivity contribution is -0.117. The Balaban J connectivity index is 1.90. The van der Waals surface area contributed by atoms with Crippen LogP contribution in [0.15, 0.2) is 47.4 Å². The number of benzene rings is 2. The summed E-state index contributed by atoms with van der Waals surface area (Å²) >= 11 is 1.02. The summed E-state index contributed by atoms with van der Waals surface area (Å²) < 4.78 is 24.5. The van der Waals surface area contributed by atoms with E-state index in [2.05, 4.69) is 10.6 Å². The van der Waals surface area contributed by atoms with E-state index in [9.17, 15) is 14.0 Å². The highest BCUT2D eigenvalue weighted by atomic mass is 32.2. The molecule has 2 aromatic rings. The average molecular weight is 392 g/mol. The SMILES string of the molecule is CCOc1ccc(NC(=O)NC(=O)CSc2ccccc2F)cc1OCC. The molecule has 2 N–H and O–H groups in total. The van der Waals surface area contributed by atoms with E-state index in [-0.39, 0.29) is 5.75 Å². The maximum Gasteiger partial charge on any atom is 0.325 e. The van der Waals surface area contributed by atoms with Gasteiger partial charge in [-0.05, 0) is 38.1 Å². The highest BCUT2D eigenvalue weighted by Gasteiger charge is 2.12. The number of carbonyl (C=O) groups excluding carboxylic acids is 2. The zero-order chi connectivity index (χ0) is 19.6. The fraction of sp³-hybridized carbons (Fsp3) is 0.263. The number of ether oxygens (including phenoxy) is 2. The highest BCUT2D eigenvalue weighted by Crippen LogP contribution is 2.30. The van der Waals surface area contributed by atoms with Gasteiger partial charge in [0.1, 0.15) is 5.82 Å². The Hall–Kier alpha value is -2.74. The van der Waals surface area contributed by atoms with Gasteiger partial charge in [0.25, 0.3) is 0 Å². The van der Waals surface area contributed by atoms with Crippen molar-refractivity contribution in [1.82, 2.24) is 5.32 Å². The minimum absolute atomic E-state index is 0.0815. The highest BCUT2D eigenvalue weighted by molar-refractivity contribution is 8.00. The molecule has 0 aliphatic rings. The summed E-state index contributed by atoms with van der Waals surface area (Å²) in [6.07, 6.45) is 0. The third-order valence-corrected chi connectivity index (χ3v) is 4.30. The van der Waals surface area contributed by atoms with Gasteiger partial charge in [0, 0.05) is 16.6 Å². The van der Waals surface area contributed by atoms with Crippen LogP contribution in [0.1, 0.15) is 13.8 Å². The molecule has 144 valence electrons. The van der Waals surface area contributed by atoms with Crippen LogP contribution >= 0.6 is 11.8 Å². The van der Waals surface area contributed by atoms with Crippen molar-refractivity contribution in [3.63, 3.8) is 0 Å². The molecule has 27 heavy (non-hydrogen) atoms. The molecule has 0 aliphatic heterocycles. The van der Waals surface area contributed by atoms with E-state index in [1.165, 1.54) is 6.07 Å². The molecular formula is C19H21FN2O4S. The quantitative estimate of drug-likeness (QED) is 0.663. The Bertz CT molecular complexity index is 801. The number of hydrogen-bond acceptors (Lipinski definition) is 5. The monoisotopic (exact) mass is 392 g/mol. The molecule has 0 radical (unpaired) electrons. The van der Waals surface area contributed by atoms with Crippen LogP contribution < -0.4 is 20.1 Å². The third-order valence-electron chi connectivity index (χ3n) is 3.25. The second-order valence-electron chi connectivity index (χ2n) is 5.25. The normalized spacial score (nSPS) is 10.2. The minimum Gasteiger partial charge on any atom is -0.490 e. The number of anilines is 1. The Kier molecular flexibility index (Phi) is 7.94. The lowest BCUT2D eigenvalue weighted by Gasteiger charge is -2.13. The molecule has 0 fully saturated rings. The standard InChI is InChI=1S/C19H21FN2O4S/c1-3-25-15-10-9-13(11-16(15)26-4-2)21-19(24)22-18(23)12-27-17-8-6-5-7-14(17)20/h5-11H,3-4,12H2,1-2H3,(H2,21,22,23,24). The molecule has 8 heteroatoms. The van der Waals surface area contributed by atoms with Crippen LogP contribution in [0.5, 0.6) is 11.5 Å². The van der Waals surface area contributed by atoms with E-state index in [1.54, 1.807) is 36.4 Å². The van der Waals surface area contributed by atoms with Gasteiger partial charge in [-0.25, -0.2) is 9.18 Å². The summed E-state index contributed by atoms with van der Waals surface area (Å²) in [4.78, 5) is 24.2. The van der Waals surface area contributed by atoms with Crippen LogP contribution in [-0.2, 0) is 4.79 Å². The van der Waals surface area contributed by atoms with Crippen LogP contribution in [0.4, 0.5) is 14.9 Å². The van der Waals surface area contributed by atoms with Crippen molar-refractivity contribution in [3.8, 4) is 11.5 Å². The molecule has 0 spiro atoms. The van der Waals surface area contributed by atoms with Crippen LogP contribution in [0.3, 0.4) is 0 Å². The molecule has 2 aromatic carbocycles. The van der Waals surface area contributed by atoms with Gasteiger partial charge in [-0.15, -0.1) is 11.8 Å². The maximum absolute atomic E-state index is 13.5. The van der Waals surface area contributed by atoms with Crippen LogP contribution in [0.25, 0.3) is 0 Å². The molecular weight excluding hydrogens is 371 g/mol. The molecule has 0 heterocycles. The van der Waals surface area contributed by atoms with Crippen LogP contribution in [-0.4, -0.2) is 30.9 Å². The van der Waals surface area contributed by atoms with E-state index in [1.807, 2.05) is 13.8 Å². The van der Waals surface area contributed by atoms with Gasteiger partial charge in [0.05, 0.1) is 19.0 Å². The Morgan fingerprint density at radius 3 is 2.44 bits per heavy atom. The second-order valence-corrected chi connectivity index (χ2v) is 6.27. The Morgan fingerprint density at radius 1 is 1.04 bits per heavy atom. The van der Waals surface area contributed by atoms with Crippen molar-refractivity contribution >= 4 is 29.4 Å². The predicted molar refractivity (Wildman–Crippen MR) is 103 cm³/mol. The molecule has 0 atom stereocenters. The molecule has 6 nitrogen and oxygen atoms in total. The Morgan fingerprint density at radius 2 is 1.74 bits per heavy atom. The number of urea groups is 1. The van der Waals surface area contributed by atoms with Gasteiger partial charge in [-0.1, -0.05) is 12.1 Å². The van der Waals surface area contributed by atoms with Crippen LogP contribution in [0, 0.1) is 5.82 Å². The van der Waals surface area contributed by atoms with Gasteiger partial charge in [0.2, 0.25) is 5.91 Å². The lowest BCUT2D eigenvalue weighted by Crippen LogP contribution is -2.35. The van der Waals surface area contributed by atoms with Gasteiger partial charge in [0.15, 0.2) is 11.5 Å². The van der Waals surface area contributed by atoms with Gasteiger partial charge >= 0.3 is 6.03 Å². The predicted octanol–water partition coefficient (Wildman–Crippen LogP) is 4.06. The third kappa shape index (κ3) is 6.49. The maximum atomic E-state index is 13.5. The number of rotatable bonds is 8. The molecule has 0 bridgehead atoms. The number of carbonyl (C=O) groups is 2. The summed E-state index contributed by atoms with van der Waals surface area (Å²) in [5.41, 5.74) is 0.453. The van der Waals surface area contributed by atoms with E-state index in [0.29, 0.717) is 35.3 Å². The average Bonchev–Trinajstić information content (AvgIpc) is 2.63. The smallest absolute Gasteiger partial charge is 0.325 e. The van der Waals surface area contributed by atoms with E-state index < -0.39 is 17.8 Å². The van der Waals surface area contributed by atoms with Gasteiger partial charge in [-0.3, -0.25) is 10.1 Å². The number of nitrogens with one attached hydrogen (secondary N) is 2. The van der Waals surface area contributed by atoms with E-state index in [4.69, 9.17) is 9.47 Å². The number of thioether (sulfide) groups is 1. The fourth-order valence-electron chi connectivity index (χ4n) is 2.16. The molecule has 0 aromatic heterocycles. The first-order valence-corrected chi connectivity index (χ1v) is 9.39. The van der Waals surface area contributed by atoms with Crippen molar-refractivity contribution in [2.45, 2.75) is 18.7 Å². The molecule has 2 rings (SSSR count). The van der Waals surface area contributed by atoms with E-state index >= 15 is 0 Å². The zero-order valence-corrected chi connectivity index (χ0v) is 15.9. The van der Waals surface area contributed by atoms with Crippen molar-refractivity contribution in [2.75, 3.05) is 24.3 Å². The topological polar surface area (TPSA) is 76.7 Å². The van der Waals surface area contributed by atoms with Crippen molar-refractivity contribution < 1.29 is 23.5 Å². The van der Waals surface area contributed by atoms with Gasteiger partial charge < -0.3 is 14.8 Å². The summed E-state index contributed by atoms with van der Waals surface area (Å²) in [5, 5.41) is 4.77.